The highest BCUT2D eigenvalue weighted by atomic mass is 15.3. The van der Waals surface area contributed by atoms with Crippen LogP contribution in [0.25, 0.3) is 0 Å². The maximum atomic E-state index is 3.57. The first-order valence-electron chi connectivity index (χ1n) is 7.91. The second-order valence-corrected chi connectivity index (χ2v) is 6.26. The van der Waals surface area contributed by atoms with E-state index in [-0.39, 0.29) is 0 Å². The van der Waals surface area contributed by atoms with Crippen molar-refractivity contribution in [1.29, 1.82) is 0 Å². The van der Waals surface area contributed by atoms with Crippen molar-refractivity contribution < 1.29 is 0 Å². The average Bonchev–Trinajstić information content (AvgIpc) is 2.48. The van der Waals surface area contributed by atoms with E-state index < -0.39 is 0 Å². The summed E-state index contributed by atoms with van der Waals surface area (Å²) in [7, 11) is 0. The molecular weight excluding hydrogens is 246 g/mol. The van der Waals surface area contributed by atoms with Crippen LogP contribution in [0.1, 0.15) is 20.8 Å². The Kier molecular flexibility index (Phi) is 5.86. The molecule has 2 rings (SSSR count). The highest BCUT2D eigenvalue weighted by Gasteiger charge is 2.20. The van der Waals surface area contributed by atoms with E-state index in [1.165, 1.54) is 18.8 Å². The topological polar surface area (TPSA) is 18.5 Å². The van der Waals surface area contributed by atoms with Gasteiger partial charge in [-0.3, -0.25) is 4.90 Å². The van der Waals surface area contributed by atoms with Crippen molar-refractivity contribution in [2.24, 2.45) is 5.92 Å². The molecule has 20 heavy (non-hydrogen) atoms. The van der Waals surface area contributed by atoms with Gasteiger partial charge in [0, 0.05) is 44.5 Å². The molecule has 1 aliphatic heterocycles. The van der Waals surface area contributed by atoms with Gasteiger partial charge in [-0.2, -0.15) is 0 Å². The van der Waals surface area contributed by atoms with E-state index in [2.05, 4.69) is 66.2 Å². The lowest BCUT2D eigenvalue weighted by molar-refractivity contribution is 0.192. The number of nitrogens with one attached hydrogen (secondary N) is 1. The monoisotopic (exact) mass is 275 g/mol. The third-order valence-corrected chi connectivity index (χ3v) is 4.05. The van der Waals surface area contributed by atoms with E-state index in [0.29, 0.717) is 6.04 Å². The van der Waals surface area contributed by atoms with Crippen molar-refractivity contribution in [3.05, 3.63) is 30.3 Å². The van der Waals surface area contributed by atoms with Crippen LogP contribution in [-0.2, 0) is 0 Å². The van der Waals surface area contributed by atoms with Crippen LogP contribution >= 0.6 is 0 Å². The van der Waals surface area contributed by atoms with Crippen molar-refractivity contribution >= 4 is 5.69 Å². The predicted molar refractivity (Wildman–Crippen MR) is 87.4 cm³/mol. The van der Waals surface area contributed by atoms with E-state index in [1.54, 1.807) is 0 Å². The molecule has 1 N–H and O–H groups in total. The lowest BCUT2D eigenvalue weighted by Crippen LogP contribution is -2.52. The molecule has 0 radical (unpaired) electrons. The number of para-hydroxylation sites is 1. The van der Waals surface area contributed by atoms with Crippen molar-refractivity contribution in [3.63, 3.8) is 0 Å². The van der Waals surface area contributed by atoms with Crippen LogP contribution in [-0.4, -0.2) is 50.2 Å². The minimum atomic E-state index is 0.631. The molecule has 3 nitrogen and oxygen atoms in total. The Balaban J connectivity index is 1.73. The first-order chi connectivity index (χ1) is 9.66. The molecule has 0 saturated carbocycles. The summed E-state index contributed by atoms with van der Waals surface area (Å²) in [5.41, 5.74) is 1.36. The summed E-state index contributed by atoms with van der Waals surface area (Å²) in [6.45, 7) is 13.7. The third-order valence-electron chi connectivity index (χ3n) is 4.05. The standard InChI is InChI=1S/C17H29N3/c1-15(2)13-18-14-16(3)19-9-11-20(12-10-19)17-7-5-4-6-8-17/h4-8,15-16,18H,9-14H2,1-3H3. The maximum Gasteiger partial charge on any atom is 0.0367 e. The van der Waals surface area contributed by atoms with Crippen LogP contribution in [0, 0.1) is 5.92 Å². The van der Waals surface area contributed by atoms with Gasteiger partial charge in [-0.1, -0.05) is 32.0 Å². The van der Waals surface area contributed by atoms with Gasteiger partial charge in [0.05, 0.1) is 0 Å². The van der Waals surface area contributed by atoms with E-state index >= 15 is 0 Å². The zero-order valence-electron chi connectivity index (χ0n) is 13.2. The fraction of sp³-hybridized carbons (Fsp3) is 0.647. The molecule has 1 aromatic rings. The summed E-state index contributed by atoms with van der Waals surface area (Å²) in [6.07, 6.45) is 0. The van der Waals surface area contributed by atoms with Crippen molar-refractivity contribution in [2.45, 2.75) is 26.8 Å². The zero-order chi connectivity index (χ0) is 14.4. The highest BCUT2D eigenvalue weighted by Crippen LogP contribution is 2.16. The van der Waals surface area contributed by atoms with Crippen LogP contribution in [0.5, 0.6) is 0 Å². The number of hydrogen-bond acceptors (Lipinski definition) is 3. The van der Waals surface area contributed by atoms with Gasteiger partial charge in [0.15, 0.2) is 0 Å². The molecule has 1 saturated heterocycles. The molecule has 0 aliphatic carbocycles. The fourth-order valence-electron chi connectivity index (χ4n) is 2.77. The van der Waals surface area contributed by atoms with Crippen LogP contribution < -0.4 is 10.2 Å². The quantitative estimate of drug-likeness (QED) is 0.860. The lowest BCUT2D eigenvalue weighted by Gasteiger charge is -2.39. The summed E-state index contributed by atoms with van der Waals surface area (Å²) in [6, 6.07) is 11.4. The Morgan fingerprint density at radius 2 is 1.60 bits per heavy atom. The summed E-state index contributed by atoms with van der Waals surface area (Å²) in [5, 5.41) is 3.57. The van der Waals surface area contributed by atoms with Gasteiger partial charge >= 0.3 is 0 Å². The molecule has 1 fully saturated rings. The normalized spacial score (nSPS) is 18.5. The fourth-order valence-corrected chi connectivity index (χ4v) is 2.77. The van der Waals surface area contributed by atoms with Crippen LogP contribution in [0.4, 0.5) is 5.69 Å². The molecule has 112 valence electrons. The Morgan fingerprint density at radius 1 is 0.950 bits per heavy atom. The van der Waals surface area contributed by atoms with Gasteiger partial charge in [-0.15, -0.1) is 0 Å². The van der Waals surface area contributed by atoms with Crippen LogP contribution in [0.2, 0.25) is 0 Å². The molecule has 1 unspecified atom stereocenters. The van der Waals surface area contributed by atoms with Gasteiger partial charge in [-0.25, -0.2) is 0 Å². The smallest absolute Gasteiger partial charge is 0.0367 e. The molecule has 1 heterocycles. The second kappa shape index (κ2) is 7.65. The molecule has 1 aromatic carbocycles. The average molecular weight is 275 g/mol. The molecule has 0 aromatic heterocycles. The number of piperazine rings is 1. The van der Waals surface area contributed by atoms with E-state index in [0.717, 1.165) is 32.1 Å². The largest absolute Gasteiger partial charge is 0.369 e. The number of nitrogens with zero attached hydrogens (tertiary/aromatic N) is 2. The summed E-state index contributed by atoms with van der Waals surface area (Å²) in [4.78, 5) is 5.09. The Hall–Kier alpha value is -1.06. The third kappa shape index (κ3) is 4.50. The number of rotatable bonds is 6. The van der Waals surface area contributed by atoms with Crippen molar-refractivity contribution in [1.82, 2.24) is 10.2 Å². The maximum absolute atomic E-state index is 3.57. The SMILES string of the molecule is CC(C)CNCC(C)N1CCN(c2ccccc2)CC1. The van der Waals surface area contributed by atoms with Crippen molar-refractivity contribution in [2.75, 3.05) is 44.2 Å². The minimum absolute atomic E-state index is 0.631. The second-order valence-electron chi connectivity index (χ2n) is 6.26. The number of hydrogen-bond donors (Lipinski definition) is 1. The summed E-state index contributed by atoms with van der Waals surface area (Å²) < 4.78 is 0. The highest BCUT2D eigenvalue weighted by molar-refractivity contribution is 5.46. The van der Waals surface area contributed by atoms with Gasteiger partial charge in [0.1, 0.15) is 0 Å². The summed E-state index contributed by atoms with van der Waals surface area (Å²) >= 11 is 0. The molecule has 1 aliphatic rings. The minimum Gasteiger partial charge on any atom is -0.369 e. The van der Waals surface area contributed by atoms with E-state index in [1.807, 2.05) is 0 Å². The van der Waals surface area contributed by atoms with Crippen LogP contribution in [0.3, 0.4) is 0 Å². The Labute approximate surface area is 124 Å². The molecule has 3 heteroatoms. The summed E-state index contributed by atoms with van der Waals surface area (Å²) in [5.74, 6) is 0.733. The lowest BCUT2D eigenvalue weighted by atomic mass is 10.2. The predicted octanol–water partition coefficient (Wildman–Crippen LogP) is 2.44. The van der Waals surface area contributed by atoms with Gasteiger partial charge in [0.25, 0.3) is 0 Å². The Bertz CT molecular complexity index is 369. The van der Waals surface area contributed by atoms with Crippen molar-refractivity contribution in [3.8, 4) is 0 Å². The van der Waals surface area contributed by atoms with Gasteiger partial charge in [-0.05, 0) is 31.5 Å². The molecular formula is C17H29N3. The first-order valence-corrected chi connectivity index (χ1v) is 7.91. The van der Waals surface area contributed by atoms with Crippen LogP contribution in [0.15, 0.2) is 30.3 Å². The van der Waals surface area contributed by atoms with E-state index in [9.17, 15) is 0 Å². The number of anilines is 1. The molecule has 1 atom stereocenters. The molecule has 0 spiro atoms. The zero-order valence-corrected chi connectivity index (χ0v) is 13.2. The van der Waals surface area contributed by atoms with E-state index in [4.69, 9.17) is 0 Å². The Morgan fingerprint density at radius 3 is 2.20 bits per heavy atom. The number of benzene rings is 1. The molecule has 0 amide bonds. The van der Waals surface area contributed by atoms with Gasteiger partial charge in [0.2, 0.25) is 0 Å². The molecule has 0 bridgehead atoms. The van der Waals surface area contributed by atoms with Gasteiger partial charge < -0.3 is 10.2 Å². The first kappa shape index (κ1) is 15.3.